The molecule has 2 aromatic carbocycles. The second kappa shape index (κ2) is 9.36. The van der Waals surface area contributed by atoms with Gasteiger partial charge in [0, 0.05) is 5.69 Å². The first-order chi connectivity index (χ1) is 14.1. The van der Waals surface area contributed by atoms with Crippen LogP contribution >= 0.6 is 0 Å². The molecular weight excluding hydrogens is 374 g/mol. The number of nitrogen functional groups attached to an aromatic ring is 1. The summed E-state index contributed by atoms with van der Waals surface area (Å²) in [7, 11) is 3.08. The third-order valence-electron chi connectivity index (χ3n) is 3.89. The molecule has 0 aliphatic rings. The molecule has 0 fully saturated rings. The van der Waals surface area contributed by atoms with E-state index in [0.29, 0.717) is 11.5 Å². The van der Waals surface area contributed by atoms with E-state index in [1.807, 2.05) is 30.3 Å². The lowest BCUT2D eigenvalue weighted by atomic mass is 10.1. The van der Waals surface area contributed by atoms with E-state index in [-0.39, 0.29) is 30.7 Å². The van der Waals surface area contributed by atoms with Gasteiger partial charge in [0.25, 0.3) is 0 Å². The number of esters is 1. The number of methoxy groups -OCH3 is 2. The van der Waals surface area contributed by atoms with Gasteiger partial charge in [0.2, 0.25) is 11.9 Å². The number of hydrogen-bond acceptors (Lipinski definition) is 9. The first-order valence-corrected chi connectivity index (χ1v) is 8.76. The van der Waals surface area contributed by atoms with Gasteiger partial charge < -0.3 is 25.3 Å². The van der Waals surface area contributed by atoms with E-state index in [0.717, 1.165) is 11.3 Å². The zero-order valence-electron chi connectivity index (χ0n) is 16.1. The maximum absolute atomic E-state index is 12.2. The molecule has 3 aromatic rings. The molecule has 9 heteroatoms. The number of ether oxygens (including phenoxy) is 3. The summed E-state index contributed by atoms with van der Waals surface area (Å²) in [4.78, 5) is 24.5. The van der Waals surface area contributed by atoms with Crippen LogP contribution in [0.15, 0.2) is 48.5 Å². The maximum atomic E-state index is 12.2. The topological polar surface area (TPSA) is 121 Å². The normalized spacial score (nSPS) is 10.3. The van der Waals surface area contributed by atoms with Gasteiger partial charge in [0.1, 0.15) is 0 Å². The Kier molecular flexibility index (Phi) is 6.41. The Labute approximate surface area is 167 Å². The molecule has 1 aromatic heterocycles. The molecular formula is C20H21N5O4. The Balaban J connectivity index is 1.61. The van der Waals surface area contributed by atoms with Crippen LogP contribution in [0, 0.1) is 0 Å². The van der Waals surface area contributed by atoms with Gasteiger partial charge in [0.05, 0.1) is 20.6 Å². The maximum Gasteiger partial charge on any atom is 0.310 e. The summed E-state index contributed by atoms with van der Waals surface area (Å²) < 4.78 is 15.7. The van der Waals surface area contributed by atoms with Crippen LogP contribution in [0.2, 0.25) is 0 Å². The highest BCUT2D eigenvalue weighted by Gasteiger charge is 2.11. The van der Waals surface area contributed by atoms with E-state index < -0.39 is 5.97 Å². The van der Waals surface area contributed by atoms with Crippen LogP contribution in [0.25, 0.3) is 0 Å². The summed E-state index contributed by atoms with van der Waals surface area (Å²) in [5, 5.41) is 3.03. The molecule has 0 radical (unpaired) electrons. The average molecular weight is 395 g/mol. The fraction of sp³-hybridized carbons (Fsp3) is 0.200. The highest BCUT2D eigenvalue weighted by Crippen LogP contribution is 2.27. The quantitative estimate of drug-likeness (QED) is 0.554. The van der Waals surface area contributed by atoms with Gasteiger partial charge >= 0.3 is 5.97 Å². The van der Waals surface area contributed by atoms with Gasteiger partial charge in [-0.25, -0.2) is 0 Å². The molecule has 9 nitrogen and oxygen atoms in total. The van der Waals surface area contributed by atoms with Crippen LogP contribution in [-0.4, -0.2) is 35.1 Å². The Morgan fingerprint density at radius 1 is 1.00 bits per heavy atom. The molecule has 0 bridgehead atoms. The fourth-order valence-electron chi connectivity index (χ4n) is 2.56. The van der Waals surface area contributed by atoms with Crippen LogP contribution in [0.5, 0.6) is 11.5 Å². The lowest BCUT2D eigenvalue weighted by Gasteiger charge is -2.10. The van der Waals surface area contributed by atoms with Crippen molar-refractivity contribution in [1.29, 1.82) is 0 Å². The molecule has 0 amide bonds. The summed E-state index contributed by atoms with van der Waals surface area (Å²) in [5.41, 5.74) is 7.27. The molecule has 0 spiro atoms. The highest BCUT2D eigenvalue weighted by atomic mass is 16.5. The molecule has 0 aliphatic carbocycles. The molecule has 3 rings (SSSR count). The minimum absolute atomic E-state index is 0.0318. The van der Waals surface area contributed by atoms with Crippen LogP contribution in [0.4, 0.5) is 17.6 Å². The minimum Gasteiger partial charge on any atom is -0.493 e. The van der Waals surface area contributed by atoms with Crippen LogP contribution in [0.1, 0.15) is 11.4 Å². The SMILES string of the molecule is COc1ccc(CC(=O)OCc2nc(N)nc(Nc3ccccc3)n2)cc1OC. The first-order valence-electron chi connectivity index (χ1n) is 8.76. The second-order valence-corrected chi connectivity index (χ2v) is 5.95. The van der Waals surface area contributed by atoms with Crippen molar-refractivity contribution < 1.29 is 19.0 Å². The molecule has 1 heterocycles. The van der Waals surface area contributed by atoms with Crippen molar-refractivity contribution in [2.45, 2.75) is 13.0 Å². The Bertz CT molecular complexity index is 982. The van der Waals surface area contributed by atoms with Crippen molar-refractivity contribution >= 4 is 23.6 Å². The number of nitrogens with one attached hydrogen (secondary N) is 1. The standard InChI is InChI=1S/C20H21N5O4/c1-27-15-9-8-13(10-16(15)28-2)11-18(26)29-12-17-23-19(21)25-20(24-17)22-14-6-4-3-5-7-14/h3-10H,11-12H2,1-2H3,(H3,21,22,23,24,25). The lowest BCUT2D eigenvalue weighted by Crippen LogP contribution is -2.12. The van der Waals surface area contributed by atoms with Crippen molar-refractivity contribution in [2.75, 3.05) is 25.3 Å². The fourth-order valence-corrected chi connectivity index (χ4v) is 2.56. The van der Waals surface area contributed by atoms with E-state index in [1.54, 1.807) is 25.3 Å². The summed E-state index contributed by atoms with van der Waals surface area (Å²) in [6.07, 6.45) is 0.0655. The Morgan fingerprint density at radius 2 is 1.76 bits per heavy atom. The number of anilines is 3. The summed E-state index contributed by atoms with van der Waals surface area (Å²) in [5.74, 6) is 1.24. The van der Waals surface area contributed by atoms with E-state index >= 15 is 0 Å². The largest absolute Gasteiger partial charge is 0.493 e. The summed E-state index contributed by atoms with van der Waals surface area (Å²) in [6.45, 7) is -0.123. The average Bonchev–Trinajstić information content (AvgIpc) is 2.72. The minimum atomic E-state index is -0.436. The number of hydrogen-bond donors (Lipinski definition) is 2. The summed E-state index contributed by atoms with van der Waals surface area (Å²) >= 11 is 0. The number of nitrogens with two attached hydrogens (primary N) is 1. The zero-order valence-corrected chi connectivity index (χ0v) is 16.1. The second-order valence-electron chi connectivity index (χ2n) is 5.95. The van der Waals surface area contributed by atoms with Crippen molar-refractivity contribution in [3.05, 3.63) is 59.9 Å². The number of aromatic nitrogens is 3. The highest BCUT2D eigenvalue weighted by molar-refractivity contribution is 5.73. The molecule has 0 unspecified atom stereocenters. The first kappa shape index (κ1) is 19.9. The van der Waals surface area contributed by atoms with E-state index in [1.165, 1.54) is 7.11 Å². The van der Waals surface area contributed by atoms with Gasteiger partial charge in [0.15, 0.2) is 23.9 Å². The number of nitrogens with zero attached hydrogens (tertiary/aromatic N) is 3. The van der Waals surface area contributed by atoms with Crippen molar-refractivity contribution in [1.82, 2.24) is 15.0 Å². The predicted octanol–water partition coefficient (Wildman–Crippen LogP) is 2.50. The number of carbonyl (C=O) groups excluding carboxylic acids is 1. The molecule has 150 valence electrons. The van der Waals surface area contributed by atoms with Gasteiger partial charge in [-0.1, -0.05) is 24.3 Å². The molecule has 0 saturated heterocycles. The number of rotatable bonds is 8. The number of para-hydroxylation sites is 1. The predicted molar refractivity (Wildman–Crippen MR) is 107 cm³/mol. The molecule has 29 heavy (non-hydrogen) atoms. The molecule has 0 atom stereocenters. The monoisotopic (exact) mass is 395 g/mol. The molecule has 0 saturated carbocycles. The Morgan fingerprint density at radius 3 is 2.48 bits per heavy atom. The van der Waals surface area contributed by atoms with Crippen LogP contribution in [0.3, 0.4) is 0 Å². The summed E-state index contributed by atoms with van der Waals surface area (Å²) in [6, 6.07) is 14.6. The molecule has 0 aliphatic heterocycles. The van der Waals surface area contributed by atoms with E-state index in [9.17, 15) is 4.79 Å². The molecule has 3 N–H and O–H groups in total. The smallest absolute Gasteiger partial charge is 0.310 e. The third kappa shape index (κ3) is 5.55. The van der Waals surface area contributed by atoms with Crippen molar-refractivity contribution in [3.63, 3.8) is 0 Å². The lowest BCUT2D eigenvalue weighted by molar-refractivity contribution is -0.144. The van der Waals surface area contributed by atoms with Gasteiger partial charge in [-0.2, -0.15) is 15.0 Å². The third-order valence-corrected chi connectivity index (χ3v) is 3.89. The van der Waals surface area contributed by atoms with Gasteiger partial charge in [-0.3, -0.25) is 4.79 Å². The van der Waals surface area contributed by atoms with Crippen molar-refractivity contribution in [3.8, 4) is 11.5 Å². The van der Waals surface area contributed by atoms with Gasteiger partial charge in [-0.15, -0.1) is 0 Å². The van der Waals surface area contributed by atoms with E-state index in [4.69, 9.17) is 19.9 Å². The van der Waals surface area contributed by atoms with Crippen molar-refractivity contribution in [2.24, 2.45) is 0 Å². The van der Waals surface area contributed by atoms with Crippen LogP contribution in [-0.2, 0) is 22.6 Å². The number of benzene rings is 2. The van der Waals surface area contributed by atoms with Gasteiger partial charge in [-0.05, 0) is 29.8 Å². The van der Waals surface area contributed by atoms with E-state index in [2.05, 4.69) is 20.3 Å². The number of carbonyl (C=O) groups is 1. The Hall–Kier alpha value is -3.88. The zero-order chi connectivity index (χ0) is 20.6. The van der Waals surface area contributed by atoms with Crippen LogP contribution < -0.4 is 20.5 Å².